The van der Waals surface area contributed by atoms with Crippen LogP contribution in [-0.4, -0.2) is 29.8 Å². The summed E-state index contributed by atoms with van der Waals surface area (Å²) < 4.78 is 33.1. The fraction of sp³-hybridized carbons (Fsp3) is 0.160. The highest BCUT2D eigenvalue weighted by atomic mass is 32.2. The largest absolute Gasteiger partial charge is 0.489 e. The minimum atomic E-state index is -1.17. The summed E-state index contributed by atoms with van der Waals surface area (Å²) in [5.74, 6) is -3.09. The molecule has 0 heterocycles. The zero-order valence-electron chi connectivity index (χ0n) is 18.1. The third-order valence-corrected chi connectivity index (χ3v) is 5.75. The molecule has 3 rings (SSSR count). The number of nitrogens with zero attached hydrogens (tertiary/aromatic N) is 1. The molecule has 2 N–H and O–H groups in total. The van der Waals surface area contributed by atoms with Crippen LogP contribution in [0.3, 0.4) is 0 Å². The molecule has 9 heteroatoms. The van der Waals surface area contributed by atoms with Gasteiger partial charge in [-0.3, -0.25) is 9.59 Å². The zero-order valence-corrected chi connectivity index (χ0v) is 18.9. The zero-order chi connectivity index (χ0) is 24.7. The highest BCUT2D eigenvalue weighted by Gasteiger charge is 2.16. The van der Waals surface area contributed by atoms with Gasteiger partial charge >= 0.3 is 5.97 Å². The van der Waals surface area contributed by atoms with Crippen LogP contribution in [0.25, 0.3) is 11.1 Å². The number of nitriles is 1. The number of halogens is 2. The normalized spacial score (nSPS) is 10.4. The van der Waals surface area contributed by atoms with Crippen molar-refractivity contribution in [3.05, 3.63) is 82.9 Å². The second kappa shape index (κ2) is 11.3. The van der Waals surface area contributed by atoms with Crippen LogP contribution >= 0.6 is 11.8 Å². The number of nitrogens with one attached hydrogen (secondary N) is 1. The smallest absolute Gasteiger partial charge is 0.322 e. The van der Waals surface area contributed by atoms with Crippen LogP contribution in [0.15, 0.2) is 59.5 Å². The van der Waals surface area contributed by atoms with Crippen LogP contribution < -0.4 is 10.1 Å². The Bertz CT molecular complexity index is 1260. The van der Waals surface area contributed by atoms with Crippen molar-refractivity contribution >= 4 is 23.6 Å². The number of benzene rings is 3. The Morgan fingerprint density at radius 1 is 1.12 bits per heavy atom. The Labute approximate surface area is 199 Å². The predicted molar refractivity (Wildman–Crippen MR) is 124 cm³/mol. The lowest BCUT2D eigenvalue weighted by Gasteiger charge is -2.14. The van der Waals surface area contributed by atoms with E-state index in [1.54, 1.807) is 42.7 Å². The molecule has 0 fully saturated rings. The first-order chi connectivity index (χ1) is 16.3. The standard InChI is InChI=1S/C25H20F2N2O4S/c1-34-23-12-22(27)21(26)11-20(23)15-5-7-17(8-6-15)33-14-16-3-2-4-19(18(16)9-10-28)25(32)29-13-24(30)31/h2-8,11-12H,9,13-14H2,1H3,(H,29,32)(H,30,31). The van der Waals surface area contributed by atoms with Gasteiger partial charge in [-0.2, -0.15) is 5.26 Å². The fourth-order valence-electron chi connectivity index (χ4n) is 3.34. The number of ether oxygens (including phenoxy) is 1. The number of carbonyl (C=O) groups excluding carboxylic acids is 1. The number of carboxylic acids is 1. The number of rotatable bonds is 9. The highest BCUT2D eigenvalue weighted by Crippen LogP contribution is 2.33. The number of hydrogen-bond donors (Lipinski definition) is 2. The number of aliphatic carboxylic acids is 1. The summed E-state index contributed by atoms with van der Waals surface area (Å²) in [5, 5.41) is 20.3. The van der Waals surface area contributed by atoms with E-state index in [4.69, 9.17) is 9.84 Å². The lowest BCUT2D eigenvalue weighted by atomic mass is 9.98. The van der Waals surface area contributed by atoms with Crippen molar-refractivity contribution in [1.29, 1.82) is 5.26 Å². The number of thioether (sulfide) groups is 1. The van der Waals surface area contributed by atoms with Gasteiger partial charge in [0.05, 0.1) is 12.5 Å². The highest BCUT2D eigenvalue weighted by molar-refractivity contribution is 7.98. The van der Waals surface area contributed by atoms with Crippen molar-refractivity contribution in [2.24, 2.45) is 0 Å². The maximum atomic E-state index is 13.8. The summed E-state index contributed by atoms with van der Waals surface area (Å²) in [4.78, 5) is 23.7. The van der Waals surface area contributed by atoms with Gasteiger partial charge in [0.15, 0.2) is 11.6 Å². The summed E-state index contributed by atoms with van der Waals surface area (Å²) in [6, 6.07) is 16.0. The van der Waals surface area contributed by atoms with Crippen LogP contribution in [0.1, 0.15) is 21.5 Å². The summed E-state index contributed by atoms with van der Waals surface area (Å²) in [7, 11) is 0. The molecule has 6 nitrogen and oxygen atoms in total. The maximum absolute atomic E-state index is 13.8. The SMILES string of the molecule is CSc1cc(F)c(F)cc1-c1ccc(OCc2cccc(C(=O)NCC(=O)O)c2CC#N)cc1. The fourth-order valence-corrected chi connectivity index (χ4v) is 3.95. The molecule has 0 bridgehead atoms. The molecule has 3 aromatic rings. The monoisotopic (exact) mass is 482 g/mol. The topological polar surface area (TPSA) is 99.4 Å². The Morgan fingerprint density at radius 3 is 2.47 bits per heavy atom. The van der Waals surface area contributed by atoms with Crippen molar-refractivity contribution in [1.82, 2.24) is 5.32 Å². The van der Waals surface area contributed by atoms with Gasteiger partial charge < -0.3 is 15.2 Å². The maximum Gasteiger partial charge on any atom is 0.322 e. The van der Waals surface area contributed by atoms with Gasteiger partial charge in [0, 0.05) is 10.5 Å². The second-order valence-electron chi connectivity index (χ2n) is 7.13. The molecule has 0 aliphatic carbocycles. The van der Waals surface area contributed by atoms with Crippen LogP contribution in [0.4, 0.5) is 8.78 Å². The summed E-state index contributed by atoms with van der Waals surface area (Å²) >= 11 is 1.31. The van der Waals surface area contributed by atoms with E-state index in [0.717, 1.165) is 12.1 Å². The van der Waals surface area contributed by atoms with Crippen molar-refractivity contribution in [2.75, 3.05) is 12.8 Å². The number of amides is 1. The summed E-state index contributed by atoms with van der Waals surface area (Å²) in [5.41, 5.74) is 2.53. The van der Waals surface area contributed by atoms with Gasteiger partial charge in [0.25, 0.3) is 5.91 Å². The van der Waals surface area contributed by atoms with Gasteiger partial charge in [0.2, 0.25) is 0 Å². The Kier molecular flexibility index (Phi) is 8.22. The molecule has 0 saturated carbocycles. The summed E-state index contributed by atoms with van der Waals surface area (Å²) in [6.07, 6.45) is 1.73. The van der Waals surface area contributed by atoms with Crippen LogP contribution in [-0.2, 0) is 17.8 Å². The van der Waals surface area contributed by atoms with E-state index in [1.165, 1.54) is 17.8 Å². The first kappa shape index (κ1) is 24.7. The number of carboxylic acid groups (broad SMARTS) is 1. The van der Waals surface area contributed by atoms with Crippen molar-refractivity contribution < 1.29 is 28.2 Å². The average Bonchev–Trinajstić information content (AvgIpc) is 2.83. The van der Waals surface area contributed by atoms with E-state index < -0.39 is 30.1 Å². The molecule has 174 valence electrons. The Balaban J connectivity index is 1.79. The molecule has 0 radical (unpaired) electrons. The second-order valence-corrected chi connectivity index (χ2v) is 7.98. The predicted octanol–water partition coefficient (Wildman–Crippen LogP) is 4.81. The minimum Gasteiger partial charge on any atom is -0.489 e. The van der Waals surface area contributed by atoms with Crippen LogP contribution in [0.5, 0.6) is 5.75 Å². The van der Waals surface area contributed by atoms with Crippen LogP contribution in [0.2, 0.25) is 0 Å². The number of carbonyl (C=O) groups is 2. The third kappa shape index (κ3) is 5.91. The van der Waals surface area contributed by atoms with E-state index >= 15 is 0 Å². The number of hydrogen-bond acceptors (Lipinski definition) is 5. The van der Waals surface area contributed by atoms with E-state index in [2.05, 4.69) is 5.32 Å². The first-order valence-electron chi connectivity index (χ1n) is 10.1. The molecule has 0 aliphatic heterocycles. The van der Waals surface area contributed by atoms with E-state index in [1.807, 2.05) is 6.07 Å². The molecule has 34 heavy (non-hydrogen) atoms. The Morgan fingerprint density at radius 2 is 1.82 bits per heavy atom. The van der Waals surface area contributed by atoms with E-state index in [9.17, 15) is 23.6 Å². The van der Waals surface area contributed by atoms with Gasteiger partial charge in [-0.1, -0.05) is 24.3 Å². The molecule has 0 atom stereocenters. The average molecular weight is 483 g/mol. The van der Waals surface area contributed by atoms with Crippen LogP contribution in [0, 0.1) is 23.0 Å². The minimum absolute atomic E-state index is 0.0537. The molecule has 0 spiro atoms. The van der Waals surface area contributed by atoms with Crippen molar-refractivity contribution in [2.45, 2.75) is 17.9 Å². The first-order valence-corrected chi connectivity index (χ1v) is 11.3. The van der Waals surface area contributed by atoms with Crippen molar-refractivity contribution in [3.8, 4) is 22.9 Å². The van der Waals surface area contributed by atoms with Gasteiger partial charge in [0.1, 0.15) is 18.9 Å². The third-order valence-electron chi connectivity index (χ3n) is 4.98. The van der Waals surface area contributed by atoms with Gasteiger partial charge in [-0.05, 0) is 58.8 Å². The molecule has 3 aromatic carbocycles. The molecule has 0 aliphatic rings. The molecule has 0 saturated heterocycles. The van der Waals surface area contributed by atoms with Gasteiger partial charge in [-0.25, -0.2) is 8.78 Å². The van der Waals surface area contributed by atoms with E-state index in [-0.39, 0.29) is 18.6 Å². The molecule has 1 amide bonds. The summed E-state index contributed by atoms with van der Waals surface area (Å²) in [6.45, 7) is -0.467. The van der Waals surface area contributed by atoms with E-state index in [0.29, 0.717) is 32.9 Å². The van der Waals surface area contributed by atoms with Crippen molar-refractivity contribution in [3.63, 3.8) is 0 Å². The molecular formula is C25H20F2N2O4S. The Hall–Kier alpha value is -3.90. The molecule has 0 aromatic heterocycles. The molecule has 0 unspecified atom stereocenters. The quantitative estimate of drug-likeness (QED) is 0.425. The lowest BCUT2D eigenvalue weighted by Crippen LogP contribution is -2.30. The molecular weight excluding hydrogens is 462 g/mol. The lowest BCUT2D eigenvalue weighted by molar-refractivity contribution is -0.135. The van der Waals surface area contributed by atoms with Gasteiger partial charge in [-0.15, -0.1) is 11.8 Å².